The molecular formula is C13H13F3N2O7. The number of nitrogens with zero attached hydrogens (tertiary/aromatic N) is 2. The Balaban J connectivity index is 2.67. The molecule has 1 aromatic heterocycles. The summed E-state index contributed by atoms with van der Waals surface area (Å²) in [5, 5.41) is 40.7. The Morgan fingerprint density at radius 2 is 1.80 bits per heavy atom. The fourth-order valence-corrected chi connectivity index (χ4v) is 2.60. The van der Waals surface area contributed by atoms with Crippen LogP contribution in [0.25, 0.3) is 0 Å². The molecule has 1 aliphatic carbocycles. The van der Waals surface area contributed by atoms with Gasteiger partial charge in [0, 0.05) is 5.56 Å². The van der Waals surface area contributed by atoms with Gasteiger partial charge in [-0.2, -0.15) is 18.3 Å². The molecule has 4 N–H and O–H groups in total. The highest BCUT2D eigenvalue weighted by Gasteiger charge is 2.55. The van der Waals surface area contributed by atoms with Gasteiger partial charge < -0.3 is 20.4 Å². The molecule has 1 fully saturated rings. The van der Waals surface area contributed by atoms with E-state index in [1.54, 1.807) is 0 Å². The van der Waals surface area contributed by atoms with E-state index in [4.69, 9.17) is 10.2 Å². The first-order valence-electron chi connectivity index (χ1n) is 6.94. The summed E-state index contributed by atoms with van der Waals surface area (Å²) in [6, 6.07) is -0.614. The Bertz CT molecular complexity index is 726. The smallest absolute Gasteiger partial charge is 0.433 e. The second-order valence-electron chi connectivity index (χ2n) is 5.69. The largest absolute Gasteiger partial charge is 0.481 e. The van der Waals surface area contributed by atoms with Crippen LogP contribution in [0.4, 0.5) is 13.2 Å². The van der Waals surface area contributed by atoms with Crippen molar-refractivity contribution in [2.45, 2.75) is 43.0 Å². The summed E-state index contributed by atoms with van der Waals surface area (Å²) < 4.78 is 40.8. The molecule has 0 spiro atoms. The summed E-state index contributed by atoms with van der Waals surface area (Å²) in [5.74, 6) is -8.95. The van der Waals surface area contributed by atoms with Crippen LogP contribution in [0.1, 0.15) is 42.5 Å². The van der Waals surface area contributed by atoms with Crippen molar-refractivity contribution in [3.05, 3.63) is 17.5 Å². The van der Waals surface area contributed by atoms with E-state index in [9.17, 15) is 37.8 Å². The van der Waals surface area contributed by atoms with Crippen LogP contribution in [0, 0.1) is 0 Å². The normalized spacial score (nSPS) is 18.4. The SMILES string of the molecule is O=C(O)CC(O)(C(=O)O)C(C(=O)O)c1cnn(C2CC2)c1C(F)(F)F. The average molecular weight is 366 g/mol. The minimum Gasteiger partial charge on any atom is -0.481 e. The Hall–Kier alpha value is -2.63. The third-order valence-corrected chi connectivity index (χ3v) is 3.81. The molecule has 138 valence electrons. The summed E-state index contributed by atoms with van der Waals surface area (Å²) in [6.45, 7) is 0. The van der Waals surface area contributed by atoms with Gasteiger partial charge >= 0.3 is 24.1 Å². The first kappa shape index (κ1) is 18.7. The van der Waals surface area contributed by atoms with E-state index in [1.165, 1.54) is 0 Å². The number of carbonyl (C=O) groups is 3. The Labute approximate surface area is 137 Å². The van der Waals surface area contributed by atoms with Crippen LogP contribution in [0.3, 0.4) is 0 Å². The Kier molecular flexibility index (Phi) is 4.51. The monoisotopic (exact) mass is 366 g/mol. The minimum atomic E-state index is -5.08. The Morgan fingerprint density at radius 3 is 2.16 bits per heavy atom. The third-order valence-electron chi connectivity index (χ3n) is 3.81. The lowest BCUT2D eigenvalue weighted by Crippen LogP contribution is -2.49. The number of hydrogen-bond donors (Lipinski definition) is 4. The van der Waals surface area contributed by atoms with Crippen LogP contribution in [0.5, 0.6) is 0 Å². The van der Waals surface area contributed by atoms with E-state index in [2.05, 4.69) is 5.10 Å². The van der Waals surface area contributed by atoms with E-state index in [-0.39, 0.29) is 0 Å². The van der Waals surface area contributed by atoms with Crippen molar-refractivity contribution < 1.29 is 48.0 Å². The third kappa shape index (κ3) is 3.43. The van der Waals surface area contributed by atoms with Crippen molar-refractivity contribution in [2.75, 3.05) is 0 Å². The molecule has 0 amide bonds. The molecule has 25 heavy (non-hydrogen) atoms. The number of carboxylic acid groups (broad SMARTS) is 3. The second kappa shape index (κ2) is 6.02. The summed E-state index contributed by atoms with van der Waals surface area (Å²) in [7, 11) is 0. The van der Waals surface area contributed by atoms with Gasteiger partial charge in [0.2, 0.25) is 0 Å². The molecule has 1 saturated carbocycles. The predicted octanol–water partition coefficient (Wildman–Crippen LogP) is 0.695. The number of aromatic nitrogens is 2. The molecule has 1 aliphatic rings. The molecule has 0 bridgehead atoms. The van der Waals surface area contributed by atoms with E-state index in [1.807, 2.05) is 0 Å². The molecule has 0 saturated heterocycles. The van der Waals surface area contributed by atoms with Crippen LogP contribution in [0.2, 0.25) is 0 Å². The molecule has 12 heteroatoms. The minimum absolute atomic E-state index is 0.375. The van der Waals surface area contributed by atoms with E-state index >= 15 is 0 Å². The Morgan fingerprint density at radius 1 is 1.24 bits per heavy atom. The lowest BCUT2D eigenvalue weighted by atomic mass is 9.79. The standard InChI is InChI=1S/C13H13F3N2O7/c14-13(15,16)9-6(4-17-18(9)5-1-2-5)8(10(21)22)12(25,11(23)24)3-7(19)20/h4-5,8,25H,1-3H2,(H,19,20)(H,21,22)(H,23,24). The summed E-state index contributed by atoms with van der Waals surface area (Å²) in [5.41, 5.74) is -6.10. The van der Waals surface area contributed by atoms with Crippen LogP contribution in [-0.2, 0) is 20.6 Å². The van der Waals surface area contributed by atoms with Crippen LogP contribution in [-0.4, -0.2) is 53.7 Å². The molecule has 0 aliphatic heterocycles. The highest BCUT2D eigenvalue weighted by atomic mass is 19.4. The maximum absolute atomic E-state index is 13.4. The molecule has 2 atom stereocenters. The highest BCUT2D eigenvalue weighted by Crippen LogP contribution is 2.45. The van der Waals surface area contributed by atoms with Crippen molar-refractivity contribution in [2.24, 2.45) is 0 Å². The van der Waals surface area contributed by atoms with Crippen molar-refractivity contribution in [3.8, 4) is 0 Å². The maximum Gasteiger partial charge on any atom is 0.433 e. The van der Waals surface area contributed by atoms with Gasteiger partial charge in [-0.3, -0.25) is 14.3 Å². The number of halogens is 3. The zero-order chi connectivity index (χ0) is 19.2. The lowest BCUT2D eigenvalue weighted by Gasteiger charge is -2.28. The molecule has 9 nitrogen and oxygen atoms in total. The van der Waals surface area contributed by atoms with E-state index in [0.717, 1.165) is 0 Å². The number of alkyl halides is 3. The highest BCUT2D eigenvalue weighted by molar-refractivity contribution is 5.92. The first-order valence-corrected chi connectivity index (χ1v) is 6.94. The van der Waals surface area contributed by atoms with Crippen LogP contribution >= 0.6 is 0 Å². The summed E-state index contributed by atoms with van der Waals surface area (Å²) in [6.07, 6.45) is -5.42. The van der Waals surface area contributed by atoms with Gasteiger partial charge in [-0.25, -0.2) is 4.79 Å². The van der Waals surface area contributed by atoms with Gasteiger partial charge in [-0.15, -0.1) is 0 Å². The van der Waals surface area contributed by atoms with Gasteiger partial charge in [-0.1, -0.05) is 0 Å². The first-order chi connectivity index (χ1) is 11.4. The topological polar surface area (TPSA) is 150 Å². The molecule has 2 unspecified atom stereocenters. The molecule has 2 rings (SSSR count). The molecular weight excluding hydrogens is 353 g/mol. The molecule has 0 radical (unpaired) electrons. The quantitative estimate of drug-likeness (QED) is 0.551. The van der Waals surface area contributed by atoms with Gasteiger partial charge in [-0.05, 0) is 12.8 Å². The molecule has 1 aromatic rings. The van der Waals surface area contributed by atoms with Gasteiger partial charge in [0.15, 0.2) is 5.60 Å². The fourth-order valence-electron chi connectivity index (χ4n) is 2.60. The van der Waals surface area contributed by atoms with Crippen molar-refractivity contribution >= 4 is 17.9 Å². The second-order valence-corrected chi connectivity index (χ2v) is 5.69. The van der Waals surface area contributed by atoms with Crippen LogP contribution in [0.15, 0.2) is 6.20 Å². The van der Waals surface area contributed by atoms with Gasteiger partial charge in [0.05, 0.1) is 18.7 Å². The van der Waals surface area contributed by atoms with Crippen molar-refractivity contribution in [1.82, 2.24) is 9.78 Å². The average Bonchev–Trinajstić information content (AvgIpc) is 3.17. The molecule has 1 heterocycles. The summed E-state index contributed by atoms with van der Waals surface area (Å²) in [4.78, 5) is 33.6. The molecule has 0 aromatic carbocycles. The van der Waals surface area contributed by atoms with Gasteiger partial charge in [0.1, 0.15) is 11.6 Å². The van der Waals surface area contributed by atoms with Crippen LogP contribution < -0.4 is 0 Å². The number of rotatable bonds is 7. The van der Waals surface area contributed by atoms with E-state index < -0.39 is 59.3 Å². The van der Waals surface area contributed by atoms with Crippen molar-refractivity contribution in [1.29, 1.82) is 0 Å². The number of aliphatic hydroxyl groups is 1. The zero-order valence-corrected chi connectivity index (χ0v) is 12.4. The fraction of sp³-hybridized carbons (Fsp3) is 0.538. The number of aliphatic carboxylic acids is 3. The maximum atomic E-state index is 13.4. The zero-order valence-electron chi connectivity index (χ0n) is 12.4. The number of hydrogen-bond acceptors (Lipinski definition) is 5. The lowest BCUT2D eigenvalue weighted by molar-refractivity contribution is -0.174. The van der Waals surface area contributed by atoms with Gasteiger partial charge in [0.25, 0.3) is 0 Å². The van der Waals surface area contributed by atoms with Crippen molar-refractivity contribution in [3.63, 3.8) is 0 Å². The summed E-state index contributed by atoms with van der Waals surface area (Å²) >= 11 is 0. The predicted molar refractivity (Wildman–Crippen MR) is 70.7 cm³/mol. The number of carboxylic acids is 3. The van der Waals surface area contributed by atoms with E-state index in [0.29, 0.717) is 23.7 Å².